The zero-order valence-corrected chi connectivity index (χ0v) is 24.9. The van der Waals surface area contributed by atoms with Crippen molar-refractivity contribution >= 4 is 32.7 Å². The molecule has 1 unspecified atom stereocenters. The van der Waals surface area contributed by atoms with E-state index >= 15 is 0 Å². The molecule has 2 aromatic rings. The molecule has 0 bridgehead atoms. The van der Waals surface area contributed by atoms with Crippen LogP contribution in [0.4, 0.5) is 0 Å². The molecular formula is C29H42N2O6S2. The zero-order chi connectivity index (χ0) is 28.8. The monoisotopic (exact) mass is 578 g/mol. The smallest absolute Gasteiger partial charge is 0.311 e. The lowest BCUT2D eigenvalue weighted by Gasteiger charge is -2.27. The van der Waals surface area contributed by atoms with Crippen LogP contribution in [0.3, 0.4) is 0 Å². The highest BCUT2D eigenvalue weighted by atomic mass is 32.2. The second kappa shape index (κ2) is 16.6. The Morgan fingerprint density at radius 2 is 1.74 bits per heavy atom. The number of thioether (sulfide) groups is 1. The normalized spacial score (nSPS) is 14.0. The average Bonchev–Trinajstić information content (AvgIpc) is 2.89. The quantitative estimate of drug-likeness (QED) is 0.271. The lowest BCUT2D eigenvalue weighted by molar-refractivity contribution is -0.153. The minimum absolute atomic E-state index is 0.0156. The number of carbonyl (C=O) groups excluding carboxylic acids is 2. The van der Waals surface area contributed by atoms with Crippen molar-refractivity contribution in [2.75, 3.05) is 30.9 Å². The fourth-order valence-electron chi connectivity index (χ4n) is 3.89. The lowest BCUT2D eigenvalue weighted by Crippen LogP contribution is -2.47. The first-order valence-corrected chi connectivity index (χ1v) is 16.0. The van der Waals surface area contributed by atoms with Gasteiger partial charge in [-0.05, 0) is 42.0 Å². The molecule has 0 heterocycles. The maximum absolute atomic E-state index is 13.3. The van der Waals surface area contributed by atoms with Crippen LogP contribution in [0.1, 0.15) is 38.3 Å². The number of hydrogen-bond donors (Lipinski definition) is 2. The number of esters is 1. The van der Waals surface area contributed by atoms with Crippen LogP contribution in [-0.4, -0.2) is 62.6 Å². The van der Waals surface area contributed by atoms with Gasteiger partial charge in [0.1, 0.15) is 11.9 Å². The van der Waals surface area contributed by atoms with Gasteiger partial charge in [0.05, 0.1) is 24.5 Å². The number of carbonyl (C=O) groups is 2. The summed E-state index contributed by atoms with van der Waals surface area (Å²) in [5.74, 6) is -1.02. The molecule has 0 saturated heterocycles. The first-order valence-electron chi connectivity index (χ1n) is 13.2. The van der Waals surface area contributed by atoms with Gasteiger partial charge in [-0.2, -0.15) is 0 Å². The number of benzene rings is 2. The largest absolute Gasteiger partial charge is 0.497 e. The van der Waals surface area contributed by atoms with Crippen molar-refractivity contribution in [3.63, 3.8) is 0 Å². The molecule has 0 aromatic heterocycles. The van der Waals surface area contributed by atoms with Gasteiger partial charge in [-0.15, -0.1) is 0 Å². The summed E-state index contributed by atoms with van der Waals surface area (Å²) in [5, 5.41) is 3.11. The SMILES string of the molecule is COc1cccc(CNC[C@@H](OC(=O)C(CSC(C)=O)CS(=O)(=O)CCC(C)C)[C@@H](N)Cc2ccccc2)c1. The summed E-state index contributed by atoms with van der Waals surface area (Å²) in [6, 6.07) is 16.7. The Hall–Kier alpha value is -2.40. The van der Waals surface area contributed by atoms with Crippen LogP contribution in [0.5, 0.6) is 5.75 Å². The van der Waals surface area contributed by atoms with Crippen LogP contribution in [0.15, 0.2) is 54.6 Å². The molecule has 0 aliphatic carbocycles. The van der Waals surface area contributed by atoms with Gasteiger partial charge in [-0.25, -0.2) is 8.42 Å². The number of hydrogen-bond acceptors (Lipinski definition) is 9. The number of sulfone groups is 1. The number of methoxy groups -OCH3 is 1. The highest BCUT2D eigenvalue weighted by Gasteiger charge is 2.31. The van der Waals surface area contributed by atoms with E-state index in [2.05, 4.69) is 5.32 Å². The van der Waals surface area contributed by atoms with E-state index in [4.69, 9.17) is 15.2 Å². The summed E-state index contributed by atoms with van der Waals surface area (Å²) in [6.07, 6.45) is 0.258. The van der Waals surface area contributed by atoms with Crippen molar-refractivity contribution in [2.45, 2.75) is 52.3 Å². The molecule has 2 rings (SSSR count). The third kappa shape index (κ3) is 13.0. The van der Waals surface area contributed by atoms with Crippen LogP contribution in [0.25, 0.3) is 0 Å². The van der Waals surface area contributed by atoms with E-state index in [0.29, 0.717) is 19.4 Å². The molecule has 216 valence electrons. The van der Waals surface area contributed by atoms with Crippen LogP contribution in [-0.2, 0) is 37.1 Å². The molecule has 0 aliphatic heterocycles. The molecule has 0 aliphatic rings. The first kappa shape index (κ1) is 32.8. The Balaban J connectivity index is 2.17. The molecule has 39 heavy (non-hydrogen) atoms. The van der Waals surface area contributed by atoms with Crippen LogP contribution >= 0.6 is 11.8 Å². The van der Waals surface area contributed by atoms with Crippen molar-refractivity contribution in [2.24, 2.45) is 17.6 Å². The average molecular weight is 579 g/mol. The third-order valence-electron chi connectivity index (χ3n) is 6.15. The Morgan fingerprint density at radius 1 is 1.05 bits per heavy atom. The van der Waals surface area contributed by atoms with E-state index in [0.717, 1.165) is 28.6 Å². The van der Waals surface area contributed by atoms with E-state index in [1.54, 1.807) is 7.11 Å². The topological polar surface area (TPSA) is 125 Å². The van der Waals surface area contributed by atoms with Crippen molar-refractivity contribution in [1.82, 2.24) is 5.32 Å². The van der Waals surface area contributed by atoms with Gasteiger partial charge in [-0.3, -0.25) is 9.59 Å². The molecule has 0 spiro atoms. The number of ether oxygens (including phenoxy) is 2. The third-order valence-corrected chi connectivity index (χ3v) is 8.89. The van der Waals surface area contributed by atoms with Crippen LogP contribution < -0.4 is 15.8 Å². The van der Waals surface area contributed by atoms with Gasteiger partial charge in [0.15, 0.2) is 15.0 Å². The predicted octanol–water partition coefficient (Wildman–Crippen LogP) is 3.62. The summed E-state index contributed by atoms with van der Waals surface area (Å²) in [6.45, 7) is 6.05. The van der Waals surface area contributed by atoms with Gasteiger partial charge in [-0.1, -0.05) is 68.1 Å². The second-order valence-corrected chi connectivity index (χ2v) is 13.5. The summed E-state index contributed by atoms with van der Waals surface area (Å²) in [7, 11) is -1.91. The van der Waals surface area contributed by atoms with E-state index in [-0.39, 0.29) is 34.8 Å². The molecule has 8 nitrogen and oxygen atoms in total. The standard InChI is InChI=1S/C29H42N2O6S2/c1-21(2)13-14-39(34,35)20-25(19-38-22(3)32)29(33)37-28(27(30)16-23-9-6-5-7-10-23)18-31-17-24-11-8-12-26(15-24)36-4/h5-12,15,21,25,27-28,31H,13-14,16-20,30H2,1-4H3/t25?,27-,28+/m0/s1. The summed E-state index contributed by atoms with van der Waals surface area (Å²) in [4.78, 5) is 25.0. The van der Waals surface area contributed by atoms with Gasteiger partial charge in [0.25, 0.3) is 0 Å². The van der Waals surface area contributed by atoms with E-state index in [1.165, 1.54) is 6.92 Å². The highest BCUT2D eigenvalue weighted by Crippen LogP contribution is 2.18. The van der Waals surface area contributed by atoms with Gasteiger partial charge in [0, 0.05) is 31.8 Å². The van der Waals surface area contributed by atoms with E-state index < -0.39 is 33.9 Å². The van der Waals surface area contributed by atoms with Crippen molar-refractivity contribution in [3.8, 4) is 5.75 Å². The lowest BCUT2D eigenvalue weighted by atomic mass is 10.0. The van der Waals surface area contributed by atoms with Crippen molar-refractivity contribution < 1.29 is 27.5 Å². The van der Waals surface area contributed by atoms with Gasteiger partial charge in [0.2, 0.25) is 0 Å². The fraction of sp³-hybridized carbons (Fsp3) is 0.517. The molecule has 0 radical (unpaired) electrons. The molecule has 0 saturated carbocycles. The fourth-order valence-corrected chi connectivity index (χ4v) is 6.60. The molecule has 10 heteroatoms. The minimum Gasteiger partial charge on any atom is -0.497 e. The number of nitrogens with two attached hydrogens (primary N) is 1. The summed E-state index contributed by atoms with van der Waals surface area (Å²) >= 11 is 0.927. The molecule has 0 amide bonds. The van der Waals surface area contributed by atoms with E-state index in [9.17, 15) is 18.0 Å². The zero-order valence-electron chi connectivity index (χ0n) is 23.3. The minimum atomic E-state index is -3.52. The van der Waals surface area contributed by atoms with Crippen LogP contribution in [0, 0.1) is 11.8 Å². The highest BCUT2D eigenvalue weighted by molar-refractivity contribution is 8.13. The van der Waals surface area contributed by atoms with Gasteiger partial charge < -0.3 is 20.5 Å². The van der Waals surface area contributed by atoms with Crippen molar-refractivity contribution in [3.05, 3.63) is 65.7 Å². The number of rotatable bonds is 17. The van der Waals surface area contributed by atoms with Gasteiger partial charge >= 0.3 is 5.97 Å². The number of nitrogens with one attached hydrogen (secondary N) is 1. The Kier molecular flexibility index (Phi) is 14.0. The van der Waals surface area contributed by atoms with Crippen molar-refractivity contribution in [1.29, 1.82) is 0 Å². The Labute approximate surface area is 237 Å². The predicted molar refractivity (Wildman–Crippen MR) is 157 cm³/mol. The second-order valence-electron chi connectivity index (χ2n) is 10.1. The Bertz CT molecular complexity index is 1140. The first-order chi connectivity index (χ1) is 18.5. The molecule has 0 fully saturated rings. The molecule has 2 aromatic carbocycles. The molecular weight excluding hydrogens is 536 g/mol. The molecule has 3 N–H and O–H groups in total. The Morgan fingerprint density at radius 3 is 2.38 bits per heavy atom. The molecule has 3 atom stereocenters. The maximum Gasteiger partial charge on any atom is 0.311 e. The van der Waals surface area contributed by atoms with Crippen LogP contribution in [0.2, 0.25) is 0 Å². The summed E-state index contributed by atoms with van der Waals surface area (Å²) < 4.78 is 36.8. The maximum atomic E-state index is 13.3. The van der Waals surface area contributed by atoms with E-state index in [1.807, 2.05) is 68.4 Å². The summed E-state index contributed by atoms with van der Waals surface area (Å²) in [5.41, 5.74) is 8.53.